The average Bonchev–Trinajstić information content (AvgIpc) is 3.11. The molecule has 3 aliphatic rings. The number of hydrogen-bond donors (Lipinski definition) is 1. The Morgan fingerprint density at radius 1 is 1.03 bits per heavy atom. The van der Waals surface area contributed by atoms with E-state index >= 15 is 0 Å². The largest absolute Gasteiger partial charge is 0.486 e. The van der Waals surface area contributed by atoms with Crippen LogP contribution in [0.3, 0.4) is 0 Å². The van der Waals surface area contributed by atoms with Crippen LogP contribution in [-0.4, -0.2) is 53.5 Å². The zero-order valence-corrected chi connectivity index (χ0v) is 17.7. The summed E-state index contributed by atoms with van der Waals surface area (Å²) in [6, 6.07) is 10.2. The molecule has 6 nitrogen and oxygen atoms in total. The number of nitrogens with zero attached hydrogens (tertiary/aromatic N) is 2. The smallest absolute Gasteiger partial charge is 0.161 e. The van der Waals surface area contributed by atoms with Crippen LogP contribution in [0.15, 0.2) is 30.3 Å². The summed E-state index contributed by atoms with van der Waals surface area (Å²) in [7, 11) is 0. The summed E-state index contributed by atoms with van der Waals surface area (Å²) >= 11 is 0. The molecule has 0 radical (unpaired) electrons. The van der Waals surface area contributed by atoms with Crippen molar-refractivity contribution in [2.75, 3.05) is 26.3 Å². The van der Waals surface area contributed by atoms with Crippen molar-refractivity contribution in [2.45, 2.75) is 45.4 Å². The number of aromatic nitrogens is 1. The first-order chi connectivity index (χ1) is 14.5. The molecule has 1 aromatic carbocycles. The summed E-state index contributed by atoms with van der Waals surface area (Å²) in [5.74, 6) is 3.54. The Morgan fingerprint density at radius 3 is 2.60 bits per heavy atom. The van der Waals surface area contributed by atoms with Gasteiger partial charge < -0.3 is 19.3 Å². The molecule has 2 fully saturated rings. The van der Waals surface area contributed by atoms with E-state index in [9.17, 15) is 5.11 Å². The van der Waals surface area contributed by atoms with Gasteiger partial charge in [0.15, 0.2) is 11.5 Å². The number of pyridine rings is 1. The van der Waals surface area contributed by atoms with Crippen molar-refractivity contribution in [1.29, 1.82) is 0 Å². The van der Waals surface area contributed by atoms with Crippen LogP contribution >= 0.6 is 0 Å². The van der Waals surface area contributed by atoms with Crippen molar-refractivity contribution in [3.8, 4) is 17.2 Å². The first-order valence-electron chi connectivity index (χ1n) is 10.9. The quantitative estimate of drug-likeness (QED) is 0.836. The van der Waals surface area contributed by atoms with E-state index in [1.807, 2.05) is 32.0 Å². The van der Waals surface area contributed by atoms with Gasteiger partial charge in [-0.3, -0.25) is 9.88 Å². The maximum Gasteiger partial charge on any atom is 0.161 e. The number of ether oxygens (including phenoxy) is 3. The van der Waals surface area contributed by atoms with Gasteiger partial charge in [0.25, 0.3) is 0 Å². The number of fused-ring (bicyclic) bond motifs is 2. The van der Waals surface area contributed by atoms with Crippen molar-refractivity contribution in [2.24, 2.45) is 11.8 Å². The van der Waals surface area contributed by atoms with Crippen LogP contribution in [0, 0.1) is 25.7 Å². The number of aryl methyl sites for hydroxylation is 2. The summed E-state index contributed by atoms with van der Waals surface area (Å²) in [4.78, 5) is 6.98. The summed E-state index contributed by atoms with van der Waals surface area (Å²) in [5, 5.41) is 10.7. The summed E-state index contributed by atoms with van der Waals surface area (Å²) in [6.07, 6.45) is 1.09. The molecule has 1 aromatic heterocycles. The molecule has 5 rings (SSSR count). The Labute approximate surface area is 177 Å². The molecular weight excluding hydrogens is 380 g/mol. The average molecular weight is 411 g/mol. The van der Waals surface area contributed by atoms with E-state index in [2.05, 4.69) is 22.0 Å². The lowest BCUT2D eigenvalue weighted by Crippen LogP contribution is -2.42. The minimum absolute atomic E-state index is 0.163. The van der Waals surface area contributed by atoms with Gasteiger partial charge in [-0.2, -0.15) is 0 Å². The zero-order valence-electron chi connectivity index (χ0n) is 17.7. The first-order valence-corrected chi connectivity index (χ1v) is 10.9. The Hall–Kier alpha value is -2.31. The predicted octanol–water partition coefficient (Wildman–Crippen LogP) is 3.12. The normalized spacial score (nSPS) is 28.2. The number of aliphatic hydroxyl groups is 1. The van der Waals surface area contributed by atoms with Gasteiger partial charge in [-0.05, 0) is 68.4 Å². The summed E-state index contributed by atoms with van der Waals surface area (Å²) < 4.78 is 17.6. The van der Waals surface area contributed by atoms with Crippen molar-refractivity contribution in [3.05, 3.63) is 47.3 Å². The number of aliphatic hydroxyl groups excluding tert-OH is 1. The van der Waals surface area contributed by atoms with Crippen molar-refractivity contribution < 1.29 is 19.3 Å². The molecule has 0 unspecified atom stereocenters. The second-order valence-corrected chi connectivity index (χ2v) is 8.92. The SMILES string of the molecule is Cc1ccc(O[C@@H]2C[C@@H]3CN(Cc4ccc5c(c4)OCCO5)C[C@@H]3C[C@H]2O)c(C)n1. The second-order valence-electron chi connectivity index (χ2n) is 8.92. The maximum absolute atomic E-state index is 10.7. The van der Waals surface area contributed by atoms with Crippen LogP contribution in [-0.2, 0) is 6.54 Å². The standard InChI is InChI=1S/C24H30N2O4/c1-15-3-5-21(16(2)25-15)30-23-11-19-14-26(13-18(19)10-20(23)27)12-17-4-6-22-24(9-17)29-8-7-28-22/h3-6,9,18-20,23,27H,7-8,10-14H2,1-2H3/t18-,19+,20+,23+/m0/s1. The van der Waals surface area contributed by atoms with Gasteiger partial charge in [0.1, 0.15) is 25.1 Å². The third-order valence-electron chi connectivity index (χ3n) is 6.63. The van der Waals surface area contributed by atoms with Crippen LogP contribution in [0.25, 0.3) is 0 Å². The Kier molecular flexibility index (Phi) is 5.29. The lowest BCUT2D eigenvalue weighted by atomic mass is 9.78. The maximum atomic E-state index is 10.7. The van der Waals surface area contributed by atoms with E-state index in [4.69, 9.17) is 14.2 Å². The number of hydrogen-bond acceptors (Lipinski definition) is 6. The molecule has 0 spiro atoms. The van der Waals surface area contributed by atoms with E-state index in [-0.39, 0.29) is 6.10 Å². The zero-order chi connectivity index (χ0) is 20.7. The molecule has 2 aromatic rings. The Morgan fingerprint density at radius 2 is 1.80 bits per heavy atom. The van der Waals surface area contributed by atoms with Crippen LogP contribution in [0.2, 0.25) is 0 Å². The lowest BCUT2D eigenvalue weighted by molar-refractivity contribution is -0.0236. The minimum atomic E-state index is -0.429. The molecule has 3 heterocycles. The monoisotopic (exact) mass is 410 g/mol. The van der Waals surface area contributed by atoms with Crippen LogP contribution in [0.1, 0.15) is 29.8 Å². The van der Waals surface area contributed by atoms with E-state index in [1.165, 1.54) is 5.56 Å². The van der Waals surface area contributed by atoms with Gasteiger partial charge in [-0.1, -0.05) is 6.07 Å². The van der Waals surface area contributed by atoms with Gasteiger partial charge >= 0.3 is 0 Å². The lowest BCUT2D eigenvalue weighted by Gasteiger charge is -2.35. The Bertz CT molecular complexity index is 918. The molecular formula is C24H30N2O4. The van der Waals surface area contributed by atoms with Crippen molar-refractivity contribution in [3.63, 3.8) is 0 Å². The molecule has 1 N–H and O–H groups in total. The minimum Gasteiger partial charge on any atom is -0.486 e. The topological polar surface area (TPSA) is 64.1 Å². The molecule has 1 aliphatic carbocycles. The van der Waals surface area contributed by atoms with Crippen LogP contribution in [0.4, 0.5) is 0 Å². The van der Waals surface area contributed by atoms with E-state index in [0.29, 0.717) is 25.0 Å². The van der Waals surface area contributed by atoms with Gasteiger partial charge in [0.2, 0.25) is 0 Å². The van der Waals surface area contributed by atoms with E-state index in [1.54, 1.807) is 0 Å². The van der Waals surface area contributed by atoms with Gasteiger partial charge in [-0.25, -0.2) is 0 Å². The highest BCUT2D eigenvalue weighted by atomic mass is 16.6. The van der Waals surface area contributed by atoms with Crippen LogP contribution in [0.5, 0.6) is 17.2 Å². The van der Waals surface area contributed by atoms with Crippen molar-refractivity contribution in [1.82, 2.24) is 9.88 Å². The number of benzene rings is 1. The van der Waals surface area contributed by atoms with E-state index < -0.39 is 6.10 Å². The molecule has 30 heavy (non-hydrogen) atoms. The highest BCUT2D eigenvalue weighted by Gasteiger charge is 2.42. The molecule has 1 saturated heterocycles. The highest BCUT2D eigenvalue weighted by Crippen LogP contribution is 2.39. The molecule has 6 heteroatoms. The van der Waals surface area contributed by atoms with Gasteiger partial charge in [0.05, 0.1) is 11.8 Å². The third-order valence-corrected chi connectivity index (χ3v) is 6.63. The molecule has 4 atom stereocenters. The van der Waals surface area contributed by atoms with Gasteiger partial charge in [-0.15, -0.1) is 0 Å². The third kappa shape index (κ3) is 3.98. The highest BCUT2D eigenvalue weighted by molar-refractivity contribution is 5.43. The molecule has 1 saturated carbocycles. The molecule has 0 bridgehead atoms. The Balaban J connectivity index is 1.22. The van der Waals surface area contributed by atoms with E-state index in [0.717, 1.165) is 61.1 Å². The molecule has 0 amide bonds. The van der Waals surface area contributed by atoms with Crippen molar-refractivity contribution >= 4 is 0 Å². The van der Waals surface area contributed by atoms with Gasteiger partial charge in [0, 0.05) is 25.3 Å². The fourth-order valence-electron chi connectivity index (χ4n) is 5.15. The van der Waals surface area contributed by atoms with Crippen LogP contribution < -0.4 is 14.2 Å². The fourth-order valence-corrected chi connectivity index (χ4v) is 5.15. The molecule has 160 valence electrons. The summed E-state index contributed by atoms with van der Waals surface area (Å²) in [5.41, 5.74) is 3.11. The summed E-state index contributed by atoms with van der Waals surface area (Å²) in [6.45, 7) is 8.12. The first kappa shape index (κ1) is 19.6. The number of rotatable bonds is 4. The second kappa shape index (κ2) is 8.08. The fraction of sp³-hybridized carbons (Fsp3) is 0.542. The number of likely N-dealkylation sites (tertiary alicyclic amines) is 1. The predicted molar refractivity (Wildman–Crippen MR) is 113 cm³/mol. The molecule has 2 aliphatic heterocycles.